The molecule has 2 atom stereocenters. The minimum atomic E-state index is -0.370. The molecule has 2 rings (SSSR count). The Balaban J connectivity index is 1.98. The van der Waals surface area contributed by atoms with Gasteiger partial charge in [0.2, 0.25) is 0 Å². The van der Waals surface area contributed by atoms with Crippen molar-refractivity contribution in [1.29, 1.82) is 0 Å². The van der Waals surface area contributed by atoms with E-state index in [1.165, 1.54) is 0 Å². The van der Waals surface area contributed by atoms with E-state index in [0.29, 0.717) is 12.4 Å². The molecule has 0 fully saturated rings. The Morgan fingerprint density at radius 1 is 1.30 bits per heavy atom. The van der Waals surface area contributed by atoms with Gasteiger partial charge in [0.25, 0.3) is 0 Å². The predicted molar refractivity (Wildman–Crippen MR) is 86.3 cm³/mol. The number of amides is 2. The Morgan fingerprint density at radius 3 is 2.70 bits per heavy atom. The van der Waals surface area contributed by atoms with Crippen molar-refractivity contribution >= 4 is 6.03 Å². The van der Waals surface area contributed by atoms with Crippen LogP contribution in [0.2, 0.25) is 0 Å². The van der Waals surface area contributed by atoms with Crippen LogP contribution in [0.25, 0.3) is 0 Å². The number of hydrogen-bond acceptors (Lipinski definition) is 4. The molecule has 0 unspecified atom stereocenters. The standard InChI is InChI=1S/C17H22N2O4/c1-11-7-8-16(23-11)15(10-22-3)19-17(21)18-12(2)13-5-4-6-14(20)9-13/h4-9,12,15,20H,10H2,1-3H3,(H2,18,19,21)/t12-,15-/m0/s1. The molecule has 0 bridgehead atoms. The number of ether oxygens (including phenoxy) is 1. The highest BCUT2D eigenvalue weighted by Gasteiger charge is 2.19. The number of hydrogen-bond donors (Lipinski definition) is 3. The van der Waals surface area contributed by atoms with Crippen molar-refractivity contribution in [3.63, 3.8) is 0 Å². The molecule has 2 aromatic rings. The fraction of sp³-hybridized carbons (Fsp3) is 0.353. The molecule has 0 saturated carbocycles. The van der Waals surface area contributed by atoms with E-state index in [1.54, 1.807) is 25.3 Å². The minimum absolute atomic E-state index is 0.167. The van der Waals surface area contributed by atoms with Gasteiger partial charge < -0.3 is 24.9 Å². The van der Waals surface area contributed by atoms with Gasteiger partial charge in [0.1, 0.15) is 23.3 Å². The van der Waals surface area contributed by atoms with Crippen molar-refractivity contribution < 1.29 is 19.1 Å². The highest BCUT2D eigenvalue weighted by Crippen LogP contribution is 2.19. The maximum absolute atomic E-state index is 12.2. The van der Waals surface area contributed by atoms with Crippen LogP contribution in [0.1, 0.15) is 36.1 Å². The number of nitrogens with one attached hydrogen (secondary N) is 2. The van der Waals surface area contributed by atoms with Gasteiger partial charge in [0.05, 0.1) is 12.6 Å². The van der Waals surface area contributed by atoms with Gasteiger partial charge in [-0.15, -0.1) is 0 Å². The summed E-state index contributed by atoms with van der Waals surface area (Å²) in [6.45, 7) is 4.00. The second-order valence-electron chi connectivity index (χ2n) is 5.39. The van der Waals surface area contributed by atoms with Crippen LogP contribution in [-0.2, 0) is 4.74 Å². The summed E-state index contributed by atoms with van der Waals surface area (Å²) < 4.78 is 10.7. The second kappa shape index (κ2) is 7.69. The average molecular weight is 318 g/mol. The molecule has 0 aliphatic carbocycles. The Hall–Kier alpha value is -2.47. The van der Waals surface area contributed by atoms with Crippen molar-refractivity contribution in [2.75, 3.05) is 13.7 Å². The molecule has 6 nitrogen and oxygen atoms in total. The van der Waals surface area contributed by atoms with Gasteiger partial charge in [-0.3, -0.25) is 0 Å². The van der Waals surface area contributed by atoms with E-state index in [2.05, 4.69) is 10.6 Å². The molecular weight excluding hydrogens is 296 g/mol. The zero-order chi connectivity index (χ0) is 16.8. The summed E-state index contributed by atoms with van der Waals surface area (Å²) in [5.41, 5.74) is 0.817. The van der Waals surface area contributed by atoms with Crippen LogP contribution in [0.15, 0.2) is 40.8 Å². The average Bonchev–Trinajstić information content (AvgIpc) is 2.93. The molecule has 124 valence electrons. The summed E-state index contributed by atoms with van der Waals surface area (Å²) in [5, 5.41) is 15.2. The zero-order valence-electron chi connectivity index (χ0n) is 13.5. The number of urea groups is 1. The molecular formula is C17H22N2O4. The molecule has 1 heterocycles. The molecule has 1 aromatic heterocycles. The first-order valence-corrected chi connectivity index (χ1v) is 7.41. The summed E-state index contributed by atoms with van der Waals surface area (Å²) in [4.78, 5) is 12.2. The third-order valence-electron chi connectivity index (χ3n) is 3.46. The van der Waals surface area contributed by atoms with Crippen molar-refractivity contribution in [1.82, 2.24) is 10.6 Å². The Morgan fingerprint density at radius 2 is 2.09 bits per heavy atom. The van der Waals surface area contributed by atoms with E-state index in [-0.39, 0.29) is 23.9 Å². The molecule has 2 amide bonds. The fourth-order valence-electron chi connectivity index (χ4n) is 2.28. The summed E-state index contributed by atoms with van der Waals surface area (Å²) in [7, 11) is 1.57. The maximum Gasteiger partial charge on any atom is 0.315 e. The van der Waals surface area contributed by atoms with Crippen molar-refractivity contribution in [3.05, 3.63) is 53.5 Å². The topological polar surface area (TPSA) is 83.7 Å². The highest BCUT2D eigenvalue weighted by molar-refractivity contribution is 5.74. The third-order valence-corrected chi connectivity index (χ3v) is 3.46. The van der Waals surface area contributed by atoms with E-state index in [4.69, 9.17) is 9.15 Å². The van der Waals surface area contributed by atoms with Crippen LogP contribution < -0.4 is 10.6 Å². The van der Waals surface area contributed by atoms with Gasteiger partial charge >= 0.3 is 6.03 Å². The molecule has 0 aliphatic heterocycles. The number of benzene rings is 1. The summed E-state index contributed by atoms with van der Waals surface area (Å²) in [6, 6.07) is 9.49. The summed E-state index contributed by atoms with van der Waals surface area (Å²) >= 11 is 0. The molecule has 0 saturated heterocycles. The van der Waals surface area contributed by atoms with Crippen LogP contribution in [0.5, 0.6) is 5.75 Å². The zero-order valence-corrected chi connectivity index (χ0v) is 13.5. The molecule has 0 radical (unpaired) electrons. The van der Waals surface area contributed by atoms with Crippen molar-refractivity contribution in [3.8, 4) is 5.75 Å². The second-order valence-corrected chi connectivity index (χ2v) is 5.39. The smallest absolute Gasteiger partial charge is 0.315 e. The van der Waals surface area contributed by atoms with Gasteiger partial charge in [0.15, 0.2) is 0 Å². The number of rotatable bonds is 6. The van der Waals surface area contributed by atoms with Crippen LogP contribution in [-0.4, -0.2) is 24.9 Å². The van der Waals surface area contributed by atoms with E-state index in [1.807, 2.05) is 32.0 Å². The fourth-order valence-corrected chi connectivity index (χ4v) is 2.28. The lowest BCUT2D eigenvalue weighted by Gasteiger charge is -2.19. The van der Waals surface area contributed by atoms with E-state index in [0.717, 1.165) is 11.3 Å². The van der Waals surface area contributed by atoms with Gasteiger partial charge in [-0.2, -0.15) is 0 Å². The normalized spacial score (nSPS) is 13.3. The van der Waals surface area contributed by atoms with Crippen LogP contribution in [0, 0.1) is 6.92 Å². The van der Waals surface area contributed by atoms with Crippen molar-refractivity contribution in [2.24, 2.45) is 0 Å². The number of aromatic hydroxyl groups is 1. The Labute approximate surface area is 135 Å². The quantitative estimate of drug-likeness (QED) is 0.764. The molecule has 0 aliphatic rings. The predicted octanol–water partition coefficient (Wildman–Crippen LogP) is 3.04. The SMILES string of the molecule is COC[C@H](NC(=O)N[C@@H](C)c1cccc(O)c1)c1ccc(C)o1. The number of carbonyl (C=O) groups excluding carboxylic acids is 1. The highest BCUT2D eigenvalue weighted by atomic mass is 16.5. The number of furan rings is 1. The third kappa shape index (κ3) is 4.75. The largest absolute Gasteiger partial charge is 0.508 e. The van der Waals surface area contributed by atoms with Crippen LogP contribution in [0.4, 0.5) is 4.79 Å². The van der Waals surface area contributed by atoms with E-state index in [9.17, 15) is 9.90 Å². The lowest BCUT2D eigenvalue weighted by Crippen LogP contribution is -2.40. The minimum Gasteiger partial charge on any atom is -0.508 e. The molecule has 0 spiro atoms. The first-order chi connectivity index (χ1) is 11.0. The van der Waals surface area contributed by atoms with Crippen LogP contribution >= 0.6 is 0 Å². The first kappa shape index (κ1) is 16.9. The van der Waals surface area contributed by atoms with Crippen LogP contribution in [0.3, 0.4) is 0 Å². The van der Waals surface area contributed by atoms with Gasteiger partial charge in [0, 0.05) is 7.11 Å². The Bertz CT molecular complexity index is 654. The molecule has 6 heteroatoms. The van der Waals surface area contributed by atoms with Crippen molar-refractivity contribution in [2.45, 2.75) is 25.9 Å². The van der Waals surface area contributed by atoms with Gasteiger partial charge in [-0.25, -0.2) is 4.79 Å². The number of carbonyl (C=O) groups is 1. The molecule has 3 N–H and O–H groups in total. The first-order valence-electron chi connectivity index (χ1n) is 7.41. The van der Waals surface area contributed by atoms with E-state index >= 15 is 0 Å². The number of aryl methyl sites for hydroxylation is 1. The summed E-state index contributed by atoms with van der Waals surface area (Å²) in [5.74, 6) is 1.58. The number of phenols is 1. The number of methoxy groups -OCH3 is 1. The maximum atomic E-state index is 12.2. The van der Waals surface area contributed by atoms with Gasteiger partial charge in [-0.1, -0.05) is 12.1 Å². The lowest BCUT2D eigenvalue weighted by molar-refractivity contribution is 0.156. The number of phenolic OH excluding ortho intramolecular Hbond substituents is 1. The monoisotopic (exact) mass is 318 g/mol. The molecule has 1 aromatic carbocycles. The van der Waals surface area contributed by atoms with E-state index < -0.39 is 0 Å². The lowest BCUT2D eigenvalue weighted by atomic mass is 10.1. The Kier molecular flexibility index (Phi) is 5.65. The summed E-state index contributed by atoms with van der Waals surface area (Å²) in [6.07, 6.45) is 0. The van der Waals surface area contributed by atoms with Gasteiger partial charge in [-0.05, 0) is 43.7 Å². The molecule has 23 heavy (non-hydrogen) atoms.